The molecule has 5 aromatic carbocycles. The summed E-state index contributed by atoms with van der Waals surface area (Å²) in [6, 6.07) is 41.4. The lowest BCUT2D eigenvalue weighted by atomic mass is 9.90. The maximum Gasteiger partial charge on any atom is 0.159 e. The average molecular weight is 551 g/mol. The Hall–Kier alpha value is -5.41. The number of pyridine rings is 1. The van der Waals surface area contributed by atoms with E-state index >= 15 is 0 Å². The number of aromatic nitrogens is 1. The highest BCUT2D eigenvalue weighted by molar-refractivity contribution is 6.10. The third-order valence-corrected chi connectivity index (χ3v) is 9.57. The second kappa shape index (κ2) is 8.56. The normalized spacial score (nSPS) is 17.3. The Kier molecular flexibility index (Phi) is 4.61. The van der Waals surface area contributed by atoms with Gasteiger partial charge in [-0.15, -0.1) is 0 Å². The maximum absolute atomic E-state index is 6.45. The van der Waals surface area contributed by atoms with Gasteiger partial charge in [0.25, 0.3) is 0 Å². The molecule has 2 aromatic heterocycles. The van der Waals surface area contributed by atoms with Gasteiger partial charge in [0.2, 0.25) is 0 Å². The second-order valence-electron chi connectivity index (χ2n) is 12.0. The number of furan rings is 1. The molecule has 7 aromatic rings. The first-order valence-corrected chi connectivity index (χ1v) is 15.0. The van der Waals surface area contributed by atoms with E-state index in [0.717, 1.165) is 44.9 Å². The summed E-state index contributed by atoms with van der Waals surface area (Å²) in [5.74, 6) is 1.44. The SMILES string of the molecule is C1=C2c3cc(-c4ccc(N(c5cccnc5)c5cccc6c5oc5ccccc56)cc4)ccc3-c3cccc(c32)C2CC12. The zero-order valence-electron chi connectivity index (χ0n) is 23.4. The molecule has 0 N–H and O–H groups in total. The van der Waals surface area contributed by atoms with Gasteiger partial charge >= 0.3 is 0 Å². The zero-order valence-corrected chi connectivity index (χ0v) is 23.4. The fraction of sp³-hybridized carbons (Fsp3) is 0.0750. The van der Waals surface area contributed by atoms with Crippen LogP contribution in [-0.2, 0) is 0 Å². The number of fused-ring (bicyclic) bond motifs is 8. The summed E-state index contributed by atoms with van der Waals surface area (Å²) in [5.41, 5.74) is 15.9. The molecule has 1 fully saturated rings. The molecule has 0 spiro atoms. The van der Waals surface area contributed by atoms with Crippen LogP contribution in [0, 0.1) is 5.92 Å². The van der Waals surface area contributed by atoms with Crippen molar-refractivity contribution in [1.82, 2.24) is 4.98 Å². The quantitative estimate of drug-likeness (QED) is 0.218. The minimum Gasteiger partial charge on any atom is -0.454 e. The average Bonchev–Trinajstić information content (AvgIpc) is 3.67. The first kappa shape index (κ1) is 23.2. The highest BCUT2D eigenvalue weighted by Gasteiger charge is 2.44. The maximum atomic E-state index is 6.45. The van der Waals surface area contributed by atoms with Crippen molar-refractivity contribution >= 4 is 44.6 Å². The number of para-hydroxylation sites is 2. The lowest BCUT2D eigenvalue weighted by Crippen LogP contribution is -2.10. The molecule has 43 heavy (non-hydrogen) atoms. The molecule has 3 aliphatic carbocycles. The smallest absolute Gasteiger partial charge is 0.159 e. The number of anilines is 3. The number of hydrogen-bond acceptors (Lipinski definition) is 3. The second-order valence-corrected chi connectivity index (χ2v) is 12.0. The molecule has 2 heterocycles. The zero-order chi connectivity index (χ0) is 28.1. The topological polar surface area (TPSA) is 29.3 Å². The molecule has 0 radical (unpaired) electrons. The van der Waals surface area contributed by atoms with Crippen LogP contribution in [0.15, 0.2) is 138 Å². The van der Waals surface area contributed by atoms with E-state index in [1.165, 1.54) is 45.4 Å². The van der Waals surface area contributed by atoms with Crippen molar-refractivity contribution in [3.05, 3.63) is 150 Å². The van der Waals surface area contributed by atoms with Gasteiger partial charge in [0.15, 0.2) is 5.58 Å². The summed E-state index contributed by atoms with van der Waals surface area (Å²) < 4.78 is 6.45. The molecule has 2 unspecified atom stereocenters. The van der Waals surface area contributed by atoms with Gasteiger partial charge in [0, 0.05) is 22.7 Å². The first-order valence-electron chi connectivity index (χ1n) is 15.0. The molecular weight excluding hydrogens is 524 g/mol. The van der Waals surface area contributed by atoms with Crippen molar-refractivity contribution in [2.45, 2.75) is 12.3 Å². The van der Waals surface area contributed by atoms with Gasteiger partial charge in [-0.25, -0.2) is 0 Å². The minimum atomic E-state index is 0.710. The molecule has 10 rings (SSSR count). The molecule has 202 valence electrons. The predicted molar refractivity (Wildman–Crippen MR) is 175 cm³/mol. The number of allylic oxidation sites excluding steroid dienone is 1. The van der Waals surface area contributed by atoms with Crippen LogP contribution in [0.5, 0.6) is 0 Å². The molecule has 0 saturated heterocycles. The summed E-state index contributed by atoms with van der Waals surface area (Å²) >= 11 is 0. The van der Waals surface area contributed by atoms with Crippen LogP contribution in [0.3, 0.4) is 0 Å². The summed E-state index contributed by atoms with van der Waals surface area (Å²) in [4.78, 5) is 6.69. The molecule has 3 nitrogen and oxygen atoms in total. The van der Waals surface area contributed by atoms with Gasteiger partial charge in [-0.05, 0) is 105 Å². The van der Waals surface area contributed by atoms with Crippen molar-refractivity contribution in [1.29, 1.82) is 0 Å². The molecule has 1 saturated carbocycles. The molecule has 2 atom stereocenters. The van der Waals surface area contributed by atoms with E-state index in [0.29, 0.717) is 5.92 Å². The van der Waals surface area contributed by atoms with Crippen molar-refractivity contribution in [2.75, 3.05) is 4.90 Å². The van der Waals surface area contributed by atoms with Crippen LogP contribution in [-0.4, -0.2) is 4.98 Å². The molecule has 3 heteroatoms. The first-order chi connectivity index (χ1) is 21.3. The van der Waals surface area contributed by atoms with E-state index in [1.54, 1.807) is 5.56 Å². The largest absolute Gasteiger partial charge is 0.454 e. The van der Waals surface area contributed by atoms with Crippen molar-refractivity contribution < 1.29 is 4.42 Å². The Bertz CT molecular complexity index is 2280. The highest BCUT2D eigenvalue weighted by Crippen LogP contribution is 2.60. The van der Waals surface area contributed by atoms with Crippen LogP contribution < -0.4 is 4.90 Å². The Balaban J connectivity index is 1.08. The summed E-state index contributed by atoms with van der Waals surface area (Å²) in [7, 11) is 0. The standard InChI is InChI=1S/C40H26N2O/c1-2-12-38-30(7-1)33-10-4-11-37(40(33)43-38)42(28-6-5-19-41-23-28)27-16-13-24(14-17-27)25-15-18-29-31-8-3-9-32-34-21-26(34)22-36(39(31)32)35(29)20-25/h1-20,22-23,26,34H,21H2. The Labute approximate surface area is 249 Å². The number of rotatable bonds is 4. The lowest BCUT2D eigenvalue weighted by Gasteiger charge is -2.25. The highest BCUT2D eigenvalue weighted by atomic mass is 16.3. The van der Waals surface area contributed by atoms with Crippen LogP contribution >= 0.6 is 0 Å². The van der Waals surface area contributed by atoms with Crippen molar-refractivity contribution in [3.63, 3.8) is 0 Å². The summed E-state index contributed by atoms with van der Waals surface area (Å²) in [6.07, 6.45) is 7.56. The molecule has 0 amide bonds. The van der Waals surface area contributed by atoms with Gasteiger partial charge in [-0.2, -0.15) is 0 Å². The van der Waals surface area contributed by atoms with Gasteiger partial charge < -0.3 is 9.32 Å². The van der Waals surface area contributed by atoms with E-state index in [-0.39, 0.29) is 0 Å². The van der Waals surface area contributed by atoms with Crippen LogP contribution in [0.25, 0.3) is 49.8 Å². The third kappa shape index (κ3) is 3.33. The van der Waals surface area contributed by atoms with Crippen LogP contribution in [0.2, 0.25) is 0 Å². The van der Waals surface area contributed by atoms with Crippen LogP contribution in [0.4, 0.5) is 17.1 Å². The molecule has 0 aliphatic heterocycles. The Morgan fingerprint density at radius 3 is 2.44 bits per heavy atom. The Morgan fingerprint density at radius 2 is 1.53 bits per heavy atom. The monoisotopic (exact) mass is 550 g/mol. The number of hydrogen-bond donors (Lipinski definition) is 0. The van der Waals surface area contributed by atoms with Gasteiger partial charge in [-0.3, -0.25) is 4.98 Å². The van der Waals surface area contributed by atoms with Gasteiger partial charge in [0.05, 0.1) is 17.6 Å². The van der Waals surface area contributed by atoms with Crippen molar-refractivity contribution in [3.8, 4) is 22.3 Å². The number of nitrogens with zero attached hydrogens (tertiary/aromatic N) is 2. The molecular formula is C40H26N2O. The van der Waals surface area contributed by atoms with E-state index in [1.807, 2.05) is 30.6 Å². The lowest BCUT2D eigenvalue weighted by molar-refractivity contribution is 0.669. The van der Waals surface area contributed by atoms with Gasteiger partial charge in [0.1, 0.15) is 5.58 Å². The van der Waals surface area contributed by atoms with E-state index in [9.17, 15) is 0 Å². The van der Waals surface area contributed by atoms with E-state index in [4.69, 9.17) is 4.42 Å². The Morgan fingerprint density at radius 1 is 0.674 bits per heavy atom. The van der Waals surface area contributed by atoms with Gasteiger partial charge in [-0.1, -0.05) is 78.9 Å². The molecule has 3 aliphatic rings. The summed E-state index contributed by atoms with van der Waals surface area (Å²) in [6.45, 7) is 0. The van der Waals surface area contributed by atoms with Crippen molar-refractivity contribution in [2.24, 2.45) is 5.92 Å². The van der Waals surface area contributed by atoms with Crippen LogP contribution in [0.1, 0.15) is 29.0 Å². The predicted octanol–water partition coefficient (Wildman–Crippen LogP) is 10.6. The fourth-order valence-electron chi connectivity index (χ4n) is 7.49. The van der Waals surface area contributed by atoms with E-state index < -0.39 is 0 Å². The summed E-state index contributed by atoms with van der Waals surface area (Å²) in [5, 5.41) is 2.23. The number of benzene rings is 5. The molecule has 0 bridgehead atoms. The minimum absolute atomic E-state index is 0.710. The fourth-order valence-corrected chi connectivity index (χ4v) is 7.49. The third-order valence-electron chi connectivity index (χ3n) is 9.57. The van der Waals surface area contributed by atoms with E-state index in [2.05, 4.69) is 113 Å².